The molecule has 0 bridgehead atoms. The molecule has 0 N–H and O–H groups in total. The molecule has 0 saturated heterocycles. The average Bonchev–Trinajstić information content (AvgIpc) is 2.36. The molecule has 0 aliphatic heterocycles. The zero-order chi connectivity index (χ0) is 11.5. The van der Waals surface area contributed by atoms with Crippen molar-refractivity contribution in [3.05, 3.63) is 47.0 Å². The summed E-state index contributed by atoms with van der Waals surface area (Å²) in [7, 11) is 0. The maximum absolute atomic E-state index is 3.56. The van der Waals surface area contributed by atoms with Gasteiger partial charge >= 0.3 is 0 Å². The molecule has 0 nitrogen and oxygen atoms in total. The first kappa shape index (κ1) is 12.1. The second-order valence-electron chi connectivity index (χ2n) is 3.88. The molecule has 84 valence electrons. The molecular formula is C14H14Br2. The van der Waals surface area contributed by atoms with E-state index in [1.54, 1.807) is 0 Å². The Morgan fingerprint density at radius 2 is 1.62 bits per heavy atom. The lowest BCUT2D eigenvalue weighted by Crippen LogP contribution is -1.91. The van der Waals surface area contributed by atoms with Gasteiger partial charge in [-0.2, -0.15) is 0 Å². The van der Waals surface area contributed by atoms with Crippen molar-refractivity contribution in [2.45, 2.75) is 24.0 Å². The molecule has 0 aliphatic rings. The first-order valence-electron chi connectivity index (χ1n) is 5.45. The van der Waals surface area contributed by atoms with Gasteiger partial charge in [-0.05, 0) is 46.0 Å². The summed E-state index contributed by atoms with van der Waals surface area (Å²) in [4.78, 5) is 0. The number of rotatable bonds is 3. The number of halogens is 2. The number of hydrogen-bond donors (Lipinski definition) is 0. The van der Waals surface area contributed by atoms with Crippen molar-refractivity contribution in [1.29, 1.82) is 0 Å². The molecule has 0 atom stereocenters. The van der Waals surface area contributed by atoms with Crippen molar-refractivity contribution in [1.82, 2.24) is 0 Å². The molecule has 0 unspecified atom stereocenters. The van der Waals surface area contributed by atoms with Gasteiger partial charge in [0, 0.05) is 10.7 Å². The van der Waals surface area contributed by atoms with Crippen molar-refractivity contribution in [3.63, 3.8) is 0 Å². The molecule has 0 radical (unpaired) electrons. The summed E-state index contributed by atoms with van der Waals surface area (Å²) in [5.41, 5.74) is 4.18. The van der Waals surface area contributed by atoms with Crippen LogP contribution in [-0.4, -0.2) is 0 Å². The van der Waals surface area contributed by atoms with Crippen molar-refractivity contribution < 1.29 is 0 Å². The highest BCUT2D eigenvalue weighted by Crippen LogP contribution is 2.26. The largest absolute Gasteiger partial charge is 0.0876 e. The van der Waals surface area contributed by atoms with Gasteiger partial charge in [0.05, 0.1) is 0 Å². The van der Waals surface area contributed by atoms with Crippen LogP contribution in [0.5, 0.6) is 0 Å². The van der Waals surface area contributed by atoms with E-state index in [4.69, 9.17) is 0 Å². The molecule has 0 aliphatic carbocycles. The summed E-state index contributed by atoms with van der Waals surface area (Å²) in [6, 6.07) is 11.2. The van der Waals surface area contributed by atoms with E-state index in [0.717, 1.165) is 17.1 Å². The zero-order valence-corrected chi connectivity index (χ0v) is 12.4. The molecule has 2 rings (SSSR count). The number of aryl methyl sites for hydroxylation is 1. The Hall–Kier alpha value is -0.340. The second-order valence-corrected chi connectivity index (χ2v) is 5.00. The normalized spacial score (nSPS) is 10.9. The summed E-state index contributed by atoms with van der Waals surface area (Å²) in [5.74, 6) is 0. The van der Waals surface area contributed by atoms with Gasteiger partial charge in [0.25, 0.3) is 0 Å². The van der Waals surface area contributed by atoms with Crippen LogP contribution in [0.1, 0.15) is 23.6 Å². The standard InChI is InChI=1S/C14H14Br2/c1-2-10-4-3-5-11-6-12(8-15)13(9-16)7-14(10)11/h3-7H,2,8-9H2,1H3. The highest BCUT2D eigenvalue weighted by molar-refractivity contribution is 9.09. The lowest BCUT2D eigenvalue weighted by molar-refractivity contribution is 1.16. The second kappa shape index (κ2) is 5.33. The van der Waals surface area contributed by atoms with E-state index >= 15 is 0 Å². The number of hydrogen-bond acceptors (Lipinski definition) is 0. The van der Waals surface area contributed by atoms with Crippen LogP contribution < -0.4 is 0 Å². The molecular weight excluding hydrogens is 328 g/mol. The molecule has 0 saturated carbocycles. The molecule has 2 heteroatoms. The Kier molecular flexibility index (Phi) is 4.04. The SMILES string of the molecule is CCc1cccc2cc(CBr)c(CBr)cc12. The fourth-order valence-electron chi connectivity index (χ4n) is 2.04. The van der Waals surface area contributed by atoms with Gasteiger partial charge in [0.1, 0.15) is 0 Å². The number of benzene rings is 2. The molecule has 0 fully saturated rings. The van der Waals surface area contributed by atoms with E-state index in [9.17, 15) is 0 Å². The summed E-state index contributed by atoms with van der Waals surface area (Å²) in [5, 5.41) is 4.57. The summed E-state index contributed by atoms with van der Waals surface area (Å²) >= 11 is 7.11. The predicted octanol–water partition coefficient (Wildman–Crippen LogP) is 5.19. The third-order valence-corrected chi connectivity index (χ3v) is 4.17. The lowest BCUT2D eigenvalue weighted by atomic mass is 9.98. The van der Waals surface area contributed by atoms with Crippen molar-refractivity contribution in [2.24, 2.45) is 0 Å². The fraction of sp³-hybridized carbons (Fsp3) is 0.286. The minimum absolute atomic E-state index is 0.917. The van der Waals surface area contributed by atoms with E-state index in [1.807, 2.05) is 0 Å². The van der Waals surface area contributed by atoms with Gasteiger partial charge in [-0.3, -0.25) is 0 Å². The quantitative estimate of drug-likeness (QED) is 0.674. The molecule has 0 heterocycles. The molecule has 0 aromatic heterocycles. The van der Waals surface area contributed by atoms with E-state index in [2.05, 4.69) is 69.1 Å². The van der Waals surface area contributed by atoms with Crippen LogP contribution in [0.3, 0.4) is 0 Å². The average molecular weight is 342 g/mol. The highest BCUT2D eigenvalue weighted by Gasteiger charge is 2.05. The van der Waals surface area contributed by atoms with Crippen molar-refractivity contribution in [2.75, 3.05) is 0 Å². The Morgan fingerprint density at radius 1 is 0.938 bits per heavy atom. The summed E-state index contributed by atoms with van der Waals surface area (Å²) in [6.07, 6.45) is 1.09. The number of alkyl halides is 2. The van der Waals surface area contributed by atoms with Gasteiger partial charge in [0.2, 0.25) is 0 Å². The van der Waals surface area contributed by atoms with E-state index in [0.29, 0.717) is 0 Å². The predicted molar refractivity (Wildman–Crippen MR) is 78.6 cm³/mol. The summed E-state index contributed by atoms with van der Waals surface area (Å²) < 4.78 is 0. The summed E-state index contributed by atoms with van der Waals surface area (Å²) in [6.45, 7) is 2.21. The van der Waals surface area contributed by atoms with Crippen LogP contribution in [0.15, 0.2) is 30.3 Å². The first-order valence-corrected chi connectivity index (χ1v) is 7.69. The van der Waals surface area contributed by atoms with Gasteiger partial charge < -0.3 is 0 Å². The topological polar surface area (TPSA) is 0 Å². The smallest absolute Gasteiger partial charge is 0.0286 e. The third kappa shape index (κ3) is 2.18. The highest BCUT2D eigenvalue weighted by atomic mass is 79.9. The van der Waals surface area contributed by atoms with Gasteiger partial charge in [-0.1, -0.05) is 57.0 Å². The monoisotopic (exact) mass is 340 g/mol. The van der Waals surface area contributed by atoms with Crippen molar-refractivity contribution >= 4 is 42.6 Å². The van der Waals surface area contributed by atoms with E-state index in [1.165, 1.54) is 27.5 Å². The third-order valence-electron chi connectivity index (χ3n) is 2.96. The van der Waals surface area contributed by atoms with Crippen LogP contribution >= 0.6 is 31.9 Å². The van der Waals surface area contributed by atoms with Crippen LogP contribution in [0.4, 0.5) is 0 Å². The van der Waals surface area contributed by atoms with Gasteiger partial charge in [-0.25, -0.2) is 0 Å². The fourth-order valence-corrected chi connectivity index (χ4v) is 3.08. The zero-order valence-electron chi connectivity index (χ0n) is 9.26. The molecule has 16 heavy (non-hydrogen) atoms. The molecule has 2 aromatic rings. The Labute approximate surface area is 113 Å². The van der Waals surface area contributed by atoms with Gasteiger partial charge in [-0.15, -0.1) is 0 Å². The Bertz CT molecular complexity index is 503. The Morgan fingerprint density at radius 3 is 2.25 bits per heavy atom. The van der Waals surface area contributed by atoms with Crippen LogP contribution in [0.2, 0.25) is 0 Å². The maximum atomic E-state index is 3.56. The lowest BCUT2D eigenvalue weighted by Gasteiger charge is -2.10. The Balaban J connectivity index is 2.72. The first-order chi connectivity index (χ1) is 7.80. The van der Waals surface area contributed by atoms with Gasteiger partial charge in [0.15, 0.2) is 0 Å². The minimum Gasteiger partial charge on any atom is -0.0876 e. The van der Waals surface area contributed by atoms with Crippen LogP contribution in [-0.2, 0) is 17.1 Å². The maximum Gasteiger partial charge on any atom is 0.0286 e. The van der Waals surface area contributed by atoms with Crippen molar-refractivity contribution in [3.8, 4) is 0 Å². The minimum atomic E-state index is 0.917. The van der Waals surface area contributed by atoms with E-state index < -0.39 is 0 Å². The van der Waals surface area contributed by atoms with Crippen LogP contribution in [0, 0.1) is 0 Å². The van der Waals surface area contributed by atoms with Crippen LogP contribution in [0.25, 0.3) is 10.8 Å². The molecule has 2 aromatic carbocycles. The molecule has 0 amide bonds. The van der Waals surface area contributed by atoms with E-state index in [-0.39, 0.29) is 0 Å². The molecule has 0 spiro atoms. The number of fused-ring (bicyclic) bond motifs is 1.